The number of fused-ring (bicyclic) bond motifs is 1. The van der Waals surface area contributed by atoms with Gasteiger partial charge in [0.25, 0.3) is 0 Å². The molecule has 18 heavy (non-hydrogen) atoms. The molecular weight excluding hydrogens is 228 g/mol. The molecule has 1 N–H and O–H groups in total. The third kappa shape index (κ3) is 2.11. The number of benzene rings is 1. The number of hydrogen-bond acceptors (Lipinski definition) is 3. The van der Waals surface area contributed by atoms with Crippen LogP contribution in [-0.2, 0) is 20.1 Å². The minimum Gasteiger partial charge on any atom is -0.487 e. The Bertz CT molecular complexity index is 563. The maximum Gasteiger partial charge on any atom is 0.132 e. The van der Waals surface area contributed by atoms with E-state index in [-0.39, 0.29) is 6.10 Å². The Hall–Kier alpha value is -1.81. The Morgan fingerprint density at radius 1 is 1.44 bits per heavy atom. The normalized spacial score (nSPS) is 17.8. The van der Waals surface area contributed by atoms with Gasteiger partial charge in [-0.05, 0) is 42.2 Å². The van der Waals surface area contributed by atoms with E-state index in [2.05, 4.69) is 5.10 Å². The topological polar surface area (TPSA) is 47.3 Å². The number of hydrogen-bond donors (Lipinski definition) is 1. The van der Waals surface area contributed by atoms with Crippen molar-refractivity contribution in [1.29, 1.82) is 0 Å². The summed E-state index contributed by atoms with van der Waals surface area (Å²) in [6.45, 7) is 0.474. The summed E-state index contributed by atoms with van der Waals surface area (Å²) in [4.78, 5) is 0. The summed E-state index contributed by atoms with van der Waals surface area (Å²) >= 11 is 0. The van der Waals surface area contributed by atoms with Crippen LogP contribution in [0, 0.1) is 0 Å². The third-order valence-electron chi connectivity index (χ3n) is 3.32. The summed E-state index contributed by atoms with van der Waals surface area (Å²) in [6.07, 6.45) is 3.35. The van der Waals surface area contributed by atoms with Crippen LogP contribution in [0.4, 0.5) is 0 Å². The molecule has 1 aliphatic carbocycles. The molecule has 1 aromatic carbocycles. The molecule has 0 unspecified atom stereocenters. The van der Waals surface area contributed by atoms with Crippen molar-refractivity contribution in [1.82, 2.24) is 9.78 Å². The highest BCUT2D eigenvalue weighted by Gasteiger charge is 2.20. The van der Waals surface area contributed by atoms with E-state index in [1.165, 1.54) is 5.56 Å². The molecule has 0 spiro atoms. The zero-order valence-electron chi connectivity index (χ0n) is 10.3. The van der Waals surface area contributed by atoms with Crippen LogP contribution in [0.5, 0.6) is 5.75 Å². The fourth-order valence-corrected chi connectivity index (χ4v) is 2.36. The van der Waals surface area contributed by atoms with Gasteiger partial charge < -0.3 is 9.84 Å². The van der Waals surface area contributed by atoms with Gasteiger partial charge in [-0.15, -0.1) is 0 Å². The molecule has 4 heteroatoms. The number of aliphatic hydroxyl groups excluding tert-OH is 1. The van der Waals surface area contributed by atoms with Crippen LogP contribution >= 0.6 is 0 Å². The molecule has 1 aliphatic rings. The average Bonchev–Trinajstić information content (AvgIpc) is 2.94. The van der Waals surface area contributed by atoms with Crippen molar-refractivity contribution in [2.75, 3.05) is 0 Å². The van der Waals surface area contributed by atoms with Crippen molar-refractivity contribution in [3.63, 3.8) is 0 Å². The van der Waals surface area contributed by atoms with Crippen LogP contribution in [0.1, 0.15) is 29.3 Å². The Morgan fingerprint density at radius 2 is 2.33 bits per heavy atom. The fourth-order valence-electron chi connectivity index (χ4n) is 2.36. The van der Waals surface area contributed by atoms with E-state index in [1.807, 2.05) is 37.5 Å². The van der Waals surface area contributed by atoms with Crippen molar-refractivity contribution in [2.24, 2.45) is 7.05 Å². The molecule has 0 radical (unpaired) electrons. The van der Waals surface area contributed by atoms with Crippen LogP contribution in [0.2, 0.25) is 0 Å². The van der Waals surface area contributed by atoms with Gasteiger partial charge in [0, 0.05) is 13.2 Å². The Morgan fingerprint density at radius 3 is 3.11 bits per heavy atom. The van der Waals surface area contributed by atoms with Crippen molar-refractivity contribution >= 4 is 0 Å². The van der Waals surface area contributed by atoms with Crippen LogP contribution in [-0.4, -0.2) is 14.9 Å². The predicted octanol–water partition coefficient (Wildman–Crippen LogP) is 1.98. The van der Waals surface area contributed by atoms with Gasteiger partial charge in [0.2, 0.25) is 0 Å². The number of ether oxygens (including phenoxy) is 1. The van der Waals surface area contributed by atoms with Crippen molar-refractivity contribution in [2.45, 2.75) is 25.6 Å². The first-order chi connectivity index (χ1) is 8.72. The first-order valence-electron chi connectivity index (χ1n) is 6.14. The maximum absolute atomic E-state index is 9.73. The molecule has 4 nitrogen and oxygen atoms in total. The smallest absolute Gasteiger partial charge is 0.132 e. The number of aromatic nitrogens is 2. The summed E-state index contributed by atoms with van der Waals surface area (Å²) < 4.78 is 7.47. The first-order valence-corrected chi connectivity index (χ1v) is 6.14. The van der Waals surface area contributed by atoms with Gasteiger partial charge in [0.1, 0.15) is 12.4 Å². The minimum atomic E-state index is -0.301. The van der Waals surface area contributed by atoms with Gasteiger partial charge in [0.15, 0.2) is 0 Å². The van der Waals surface area contributed by atoms with Gasteiger partial charge in [-0.1, -0.05) is 6.07 Å². The summed E-state index contributed by atoms with van der Waals surface area (Å²) in [5, 5.41) is 14.0. The van der Waals surface area contributed by atoms with Crippen LogP contribution in [0.15, 0.2) is 30.5 Å². The Labute approximate surface area is 106 Å². The molecule has 1 aromatic heterocycles. The zero-order chi connectivity index (χ0) is 12.5. The van der Waals surface area contributed by atoms with Gasteiger partial charge in [-0.25, -0.2) is 0 Å². The van der Waals surface area contributed by atoms with Crippen molar-refractivity contribution in [3.8, 4) is 5.75 Å². The van der Waals surface area contributed by atoms with Crippen LogP contribution < -0.4 is 4.74 Å². The lowest BCUT2D eigenvalue weighted by Gasteiger charge is -2.08. The molecule has 2 aromatic rings. The number of aliphatic hydroxyl groups is 1. The summed E-state index contributed by atoms with van der Waals surface area (Å²) in [5.41, 5.74) is 3.15. The maximum atomic E-state index is 9.73. The first kappa shape index (κ1) is 11.3. The number of nitrogens with zero attached hydrogens (tertiary/aromatic N) is 2. The van der Waals surface area contributed by atoms with Gasteiger partial charge in [-0.3, -0.25) is 4.68 Å². The van der Waals surface area contributed by atoms with E-state index in [4.69, 9.17) is 4.74 Å². The monoisotopic (exact) mass is 244 g/mol. The van der Waals surface area contributed by atoms with Crippen LogP contribution in [0.3, 0.4) is 0 Å². The largest absolute Gasteiger partial charge is 0.487 e. The second-order valence-corrected chi connectivity index (χ2v) is 4.68. The van der Waals surface area contributed by atoms with Crippen molar-refractivity contribution < 1.29 is 9.84 Å². The predicted molar refractivity (Wildman–Crippen MR) is 67.3 cm³/mol. The quantitative estimate of drug-likeness (QED) is 0.898. The van der Waals surface area contributed by atoms with Crippen molar-refractivity contribution in [3.05, 3.63) is 47.3 Å². The summed E-state index contributed by atoms with van der Waals surface area (Å²) in [5.74, 6) is 0.841. The minimum absolute atomic E-state index is 0.301. The average molecular weight is 244 g/mol. The van der Waals surface area contributed by atoms with E-state index in [0.717, 1.165) is 29.8 Å². The lowest BCUT2D eigenvalue weighted by atomic mass is 10.1. The van der Waals surface area contributed by atoms with E-state index < -0.39 is 0 Å². The summed E-state index contributed by atoms with van der Waals surface area (Å²) in [6, 6.07) is 7.84. The molecule has 0 saturated carbocycles. The van der Waals surface area contributed by atoms with Gasteiger partial charge in [0.05, 0.1) is 11.8 Å². The fraction of sp³-hybridized carbons (Fsp3) is 0.357. The Balaban J connectivity index is 1.70. The molecule has 0 saturated heterocycles. The molecule has 0 bridgehead atoms. The van der Waals surface area contributed by atoms with Crippen LogP contribution in [0.25, 0.3) is 0 Å². The standard InChI is InChI=1S/C14H16N2O2/c1-16-7-6-11(15-16)9-18-12-3-4-13-10(8-12)2-5-14(13)17/h3-4,6-8,14,17H,2,5,9H2,1H3/t14-/m1/s1. The lowest BCUT2D eigenvalue weighted by Crippen LogP contribution is -1.98. The number of aryl methyl sites for hydroxylation is 2. The lowest BCUT2D eigenvalue weighted by molar-refractivity contribution is 0.180. The van der Waals surface area contributed by atoms with E-state index >= 15 is 0 Å². The molecule has 1 atom stereocenters. The highest BCUT2D eigenvalue weighted by molar-refractivity contribution is 5.39. The second-order valence-electron chi connectivity index (χ2n) is 4.68. The third-order valence-corrected chi connectivity index (χ3v) is 3.32. The van der Waals surface area contributed by atoms with Gasteiger partial charge in [-0.2, -0.15) is 5.10 Å². The molecule has 3 rings (SSSR count). The van der Waals surface area contributed by atoms with E-state index in [1.54, 1.807) is 4.68 Å². The Kier molecular flexibility index (Phi) is 2.80. The van der Waals surface area contributed by atoms with E-state index in [0.29, 0.717) is 6.61 Å². The molecule has 0 fully saturated rings. The molecular formula is C14H16N2O2. The number of rotatable bonds is 3. The molecule has 0 aliphatic heterocycles. The SMILES string of the molecule is Cn1ccc(COc2ccc3c(c2)CC[C@H]3O)n1. The molecule has 1 heterocycles. The van der Waals surface area contributed by atoms with Gasteiger partial charge >= 0.3 is 0 Å². The zero-order valence-corrected chi connectivity index (χ0v) is 10.3. The summed E-state index contributed by atoms with van der Waals surface area (Å²) in [7, 11) is 1.89. The highest BCUT2D eigenvalue weighted by Crippen LogP contribution is 2.33. The highest BCUT2D eigenvalue weighted by atomic mass is 16.5. The van der Waals surface area contributed by atoms with E-state index in [9.17, 15) is 5.11 Å². The second kappa shape index (κ2) is 4.46. The molecule has 0 amide bonds. The molecule has 94 valence electrons.